The van der Waals surface area contributed by atoms with Crippen LogP contribution >= 0.6 is 11.6 Å². The molecule has 0 aliphatic heterocycles. The van der Waals surface area contributed by atoms with Crippen LogP contribution in [0.2, 0.25) is 5.02 Å². The number of aliphatic carboxylic acids is 1. The van der Waals surface area contributed by atoms with Crippen LogP contribution < -0.4 is 10.5 Å². The zero-order chi connectivity index (χ0) is 26.8. The molecule has 8 nitrogen and oxygen atoms in total. The summed E-state index contributed by atoms with van der Waals surface area (Å²) >= 11 is 5.82. The molecule has 2 rings (SSSR count). The van der Waals surface area contributed by atoms with Crippen LogP contribution in [0.1, 0.15) is 63.4 Å². The molecule has 3 N–H and O–H groups in total. The molecule has 2 aromatic carbocycles. The maximum atomic E-state index is 12.4. The Labute approximate surface area is 210 Å². The molecule has 0 fully saturated rings. The van der Waals surface area contributed by atoms with E-state index < -0.39 is 17.2 Å². The van der Waals surface area contributed by atoms with Gasteiger partial charge in [0.15, 0.2) is 17.2 Å². The number of carboxylic acid groups (broad SMARTS) is 1. The standard InChI is InChI=1S/C20H19ClO5.C6H13NO2/c1-20(2,17(22)11-12-18(23)24)26-16-9-5-14(6-10-16)19(25)13-3-7-15(21)8-4-13;1-6(2,3)9-5(8)4-7/h3-10H,11-12H2,1-2H3,(H,23,24);4,7H2,1-3H3. The zero-order valence-electron chi connectivity index (χ0n) is 20.6. The van der Waals surface area contributed by atoms with Gasteiger partial charge in [0.25, 0.3) is 0 Å². The molecule has 9 heteroatoms. The molecule has 0 amide bonds. The third-order valence-corrected chi connectivity index (χ3v) is 4.67. The summed E-state index contributed by atoms with van der Waals surface area (Å²) in [6.07, 6.45) is -0.338. The van der Waals surface area contributed by atoms with E-state index in [2.05, 4.69) is 0 Å². The van der Waals surface area contributed by atoms with Crippen LogP contribution in [-0.4, -0.2) is 46.4 Å². The lowest BCUT2D eigenvalue weighted by Gasteiger charge is -2.25. The quantitative estimate of drug-likeness (QED) is 0.377. The Morgan fingerprint density at radius 2 is 1.34 bits per heavy atom. The first-order valence-corrected chi connectivity index (χ1v) is 11.3. The molecule has 0 spiro atoms. The van der Waals surface area contributed by atoms with Crippen molar-refractivity contribution in [1.82, 2.24) is 0 Å². The van der Waals surface area contributed by atoms with Gasteiger partial charge in [-0.2, -0.15) is 0 Å². The fourth-order valence-electron chi connectivity index (χ4n) is 2.70. The van der Waals surface area contributed by atoms with Crippen molar-refractivity contribution in [3.05, 3.63) is 64.7 Å². The molecule has 0 unspecified atom stereocenters. The summed E-state index contributed by atoms with van der Waals surface area (Å²) in [7, 11) is 0. The summed E-state index contributed by atoms with van der Waals surface area (Å²) in [5.41, 5.74) is 4.44. The smallest absolute Gasteiger partial charge is 0.320 e. The summed E-state index contributed by atoms with van der Waals surface area (Å²) in [6.45, 7) is 8.55. The van der Waals surface area contributed by atoms with Crippen LogP contribution in [-0.2, 0) is 19.1 Å². The minimum atomic E-state index is -1.16. The molecule has 0 heterocycles. The van der Waals surface area contributed by atoms with Gasteiger partial charge < -0.3 is 20.3 Å². The molecule has 2 aromatic rings. The van der Waals surface area contributed by atoms with Crippen molar-refractivity contribution < 1.29 is 33.8 Å². The van der Waals surface area contributed by atoms with Crippen molar-refractivity contribution in [2.45, 2.75) is 58.7 Å². The van der Waals surface area contributed by atoms with E-state index in [1.165, 1.54) is 0 Å². The third-order valence-electron chi connectivity index (χ3n) is 4.42. The Morgan fingerprint density at radius 1 is 0.857 bits per heavy atom. The van der Waals surface area contributed by atoms with Crippen LogP contribution in [0.3, 0.4) is 0 Å². The largest absolute Gasteiger partial charge is 0.481 e. The number of hydrogen-bond acceptors (Lipinski definition) is 7. The number of Topliss-reactive ketones (excluding diaryl/α,β-unsaturated/α-hetero) is 1. The topological polar surface area (TPSA) is 133 Å². The molecule has 0 aromatic heterocycles. The number of rotatable bonds is 9. The second-order valence-electron chi connectivity index (χ2n) is 9.08. The number of carbonyl (C=O) groups is 4. The van der Waals surface area contributed by atoms with E-state index in [1.54, 1.807) is 83.1 Å². The fourth-order valence-corrected chi connectivity index (χ4v) is 2.82. The highest BCUT2D eigenvalue weighted by Gasteiger charge is 2.29. The first-order valence-electron chi connectivity index (χ1n) is 10.9. The van der Waals surface area contributed by atoms with Crippen LogP contribution in [0.25, 0.3) is 0 Å². The monoisotopic (exact) mass is 505 g/mol. The van der Waals surface area contributed by atoms with E-state index in [0.29, 0.717) is 21.9 Å². The van der Waals surface area contributed by atoms with Crippen molar-refractivity contribution in [3.8, 4) is 5.75 Å². The molecule has 35 heavy (non-hydrogen) atoms. The number of carbonyl (C=O) groups excluding carboxylic acids is 3. The molecule has 0 radical (unpaired) electrons. The first-order chi connectivity index (χ1) is 16.1. The van der Waals surface area contributed by atoms with Crippen molar-refractivity contribution in [1.29, 1.82) is 0 Å². The molecule has 0 aliphatic rings. The summed E-state index contributed by atoms with van der Waals surface area (Å²) in [5.74, 6) is -1.42. The van der Waals surface area contributed by atoms with Gasteiger partial charge in [-0.25, -0.2) is 0 Å². The van der Waals surface area contributed by atoms with E-state index >= 15 is 0 Å². The van der Waals surface area contributed by atoms with Gasteiger partial charge in [-0.1, -0.05) is 11.6 Å². The number of benzene rings is 2. The highest BCUT2D eigenvalue weighted by molar-refractivity contribution is 6.30. The zero-order valence-corrected chi connectivity index (χ0v) is 21.3. The van der Waals surface area contributed by atoms with Gasteiger partial charge in [0.05, 0.1) is 13.0 Å². The van der Waals surface area contributed by atoms with E-state index in [4.69, 9.17) is 31.9 Å². The van der Waals surface area contributed by atoms with Gasteiger partial charge in [-0.15, -0.1) is 0 Å². The van der Waals surface area contributed by atoms with E-state index in [9.17, 15) is 19.2 Å². The normalized spacial score (nSPS) is 11.1. The summed E-state index contributed by atoms with van der Waals surface area (Å²) in [4.78, 5) is 45.6. The second kappa shape index (κ2) is 13.0. The predicted octanol–water partition coefficient (Wildman–Crippen LogP) is 4.45. The summed E-state index contributed by atoms with van der Waals surface area (Å²) < 4.78 is 10.5. The molecule has 0 bridgehead atoms. The molecule has 0 aliphatic carbocycles. The highest BCUT2D eigenvalue weighted by atomic mass is 35.5. The third kappa shape index (κ3) is 11.2. The Morgan fingerprint density at radius 3 is 1.74 bits per heavy atom. The van der Waals surface area contributed by atoms with Gasteiger partial charge >= 0.3 is 11.9 Å². The molecule has 190 valence electrons. The van der Waals surface area contributed by atoms with Crippen LogP contribution in [0.4, 0.5) is 0 Å². The van der Waals surface area contributed by atoms with Crippen molar-refractivity contribution >= 4 is 35.1 Å². The van der Waals surface area contributed by atoms with E-state index in [-0.39, 0.29) is 36.9 Å². The average molecular weight is 506 g/mol. The lowest BCUT2D eigenvalue weighted by molar-refractivity contribution is -0.153. The van der Waals surface area contributed by atoms with E-state index in [1.807, 2.05) is 0 Å². The molecule has 0 saturated carbocycles. The Balaban J connectivity index is 0.000000579. The van der Waals surface area contributed by atoms with Crippen LogP contribution in [0.5, 0.6) is 5.75 Å². The molecule has 0 atom stereocenters. The summed E-state index contributed by atoms with van der Waals surface area (Å²) in [5, 5.41) is 9.23. The maximum Gasteiger partial charge on any atom is 0.320 e. The van der Waals surface area contributed by atoms with Crippen LogP contribution in [0, 0.1) is 0 Å². The number of carboxylic acids is 1. The van der Waals surface area contributed by atoms with Crippen molar-refractivity contribution in [3.63, 3.8) is 0 Å². The Kier molecular flexibility index (Phi) is 11.1. The lowest BCUT2D eigenvalue weighted by Crippen LogP contribution is -2.38. The van der Waals surface area contributed by atoms with Crippen molar-refractivity contribution in [2.24, 2.45) is 5.73 Å². The Hall–Kier alpha value is -3.23. The van der Waals surface area contributed by atoms with E-state index in [0.717, 1.165) is 0 Å². The van der Waals surface area contributed by atoms with Gasteiger partial charge in [-0.05, 0) is 83.1 Å². The second-order valence-corrected chi connectivity index (χ2v) is 9.52. The maximum absolute atomic E-state index is 12.4. The number of ether oxygens (including phenoxy) is 2. The van der Waals surface area contributed by atoms with Crippen molar-refractivity contribution in [2.75, 3.05) is 6.54 Å². The SMILES string of the molecule is CC(C)(C)OC(=O)CN.CC(C)(Oc1ccc(C(=O)c2ccc(Cl)cc2)cc1)C(=O)CCC(=O)O. The molecular weight excluding hydrogens is 474 g/mol. The van der Waals surface area contributed by atoms with Crippen LogP contribution in [0.15, 0.2) is 48.5 Å². The number of halogens is 1. The number of ketones is 2. The van der Waals surface area contributed by atoms with Gasteiger partial charge in [0, 0.05) is 22.6 Å². The number of nitrogens with two attached hydrogens (primary N) is 1. The highest BCUT2D eigenvalue weighted by Crippen LogP contribution is 2.22. The number of esters is 1. The number of hydrogen-bond donors (Lipinski definition) is 2. The van der Waals surface area contributed by atoms with Gasteiger partial charge in [0.2, 0.25) is 0 Å². The Bertz CT molecular complexity index is 1020. The molecule has 0 saturated heterocycles. The summed E-state index contributed by atoms with van der Waals surface area (Å²) in [6, 6.07) is 13.0. The predicted molar refractivity (Wildman–Crippen MR) is 133 cm³/mol. The first kappa shape index (κ1) is 29.8. The van der Waals surface area contributed by atoms with Gasteiger partial charge in [0.1, 0.15) is 11.4 Å². The average Bonchev–Trinajstić information content (AvgIpc) is 2.77. The lowest BCUT2D eigenvalue weighted by atomic mass is 9.99. The molecular formula is C26H32ClNO7. The van der Waals surface area contributed by atoms with Gasteiger partial charge in [-0.3, -0.25) is 19.2 Å². The fraction of sp³-hybridized carbons (Fsp3) is 0.385. The minimum Gasteiger partial charge on any atom is -0.481 e. The minimum absolute atomic E-state index is 0.0444.